The van der Waals surface area contributed by atoms with Crippen LogP contribution < -0.4 is 0 Å². The number of esters is 3. The van der Waals surface area contributed by atoms with Crippen LogP contribution >= 0.6 is 0 Å². The van der Waals surface area contributed by atoms with Crippen molar-refractivity contribution in [1.82, 2.24) is 0 Å². The Bertz CT molecular complexity index is 853. The Balaban J connectivity index is 2.37. The molecule has 0 fully saturated rings. The molecule has 1 aromatic rings. The smallest absolute Gasteiger partial charge is 0.351 e. The molecule has 2 atom stereocenters. The van der Waals surface area contributed by atoms with E-state index < -0.39 is 41.0 Å². The van der Waals surface area contributed by atoms with E-state index in [0.717, 1.165) is 14.2 Å². The van der Waals surface area contributed by atoms with E-state index in [-0.39, 0.29) is 17.7 Å². The summed E-state index contributed by atoms with van der Waals surface area (Å²) in [5, 5.41) is 0. The molecule has 0 spiro atoms. The number of methoxy groups -OCH3 is 2. The number of hydrogen-bond acceptors (Lipinski definition) is 8. The summed E-state index contributed by atoms with van der Waals surface area (Å²) in [5.41, 5.74) is -2.62. The molecule has 8 nitrogen and oxygen atoms in total. The Hall–Kier alpha value is -3.00. The molecule has 2 aliphatic heterocycles. The zero-order valence-electron chi connectivity index (χ0n) is 14.4. The number of Topliss-reactive ketones (excluding diaryl/α,β-unsaturated/α-hetero) is 1. The van der Waals surface area contributed by atoms with Crippen molar-refractivity contribution in [2.24, 2.45) is 0 Å². The quantitative estimate of drug-likeness (QED) is 0.443. The van der Waals surface area contributed by atoms with Gasteiger partial charge in [0.2, 0.25) is 5.78 Å². The van der Waals surface area contributed by atoms with Crippen LogP contribution in [0.4, 0.5) is 0 Å². The summed E-state index contributed by atoms with van der Waals surface area (Å²) in [6, 6.07) is 6.33. The summed E-state index contributed by atoms with van der Waals surface area (Å²) < 4.78 is 20.2. The van der Waals surface area contributed by atoms with Crippen LogP contribution in [-0.2, 0) is 33.3 Å². The van der Waals surface area contributed by atoms with Gasteiger partial charge in [-0.3, -0.25) is 4.79 Å². The molecule has 26 heavy (non-hydrogen) atoms. The Kier molecular flexibility index (Phi) is 4.37. The fourth-order valence-electron chi connectivity index (χ4n) is 3.27. The number of ketones is 1. The minimum absolute atomic E-state index is 0.0501. The third-order valence-electron chi connectivity index (χ3n) is 4.34. The van der Waals surface area contributed by atoms with E-state index in [1.54, 1.807) is 25.1 Å². The first-order valence-corrected chi connectivity index (χ1v) is 7.84. The molecule has 0 radical (unpaired) electrons. The molecule has 0 aromatic heterocycles. The molecule has 0 N–H and O–H groups in total. The fourth-order valence-corrected chi connectivity index (χ4v) is 3.27. The van der Waals surface area contributed by atoms with Gasteiger partial charge < -0.3 is 18.9 Å². The van der Waals surface area contributed by atoms with Crippen LogP contribution in [0, 0.1) is 0 Å². The zero-order chi connectivity index (χ0) is 19.1. The summed E-state index contributed by atoms with van der Waals surface area (Å²) in [5.74, 6) is -3.81. The molecule has 0 unspecified atom stereocenters. The van der Waals surface area contributed by atoms with Crippen LogP contribution in [0.2, 0.25) is 0 Å². The molecule has 0 saturated carbocycles. The number of benzene rings is 1. The lowest BCUT2D eigenvalue weighted by molar-refractivity contribution is -0.166. The molecule has 3 rings (SSSR count). The van der Waals surface area contributed by atoms with Gasteiger partial charge in [-0.05, 0) is 12.5 Å². The second kappa shape index (κ2) is 6.38. The Morgan fingerprint density at radius 2 is 1.77 bits per heavy atom. The molecule has 2 bridgehead atoms. The topological polar surface area (TPSA) is 105 Å². The van der Waals surface area contributed by atoms with Crippen LogP contribution in [-0.4, -0.2) is 50.1 Å². The lowest BCUT2D eigenvalue weighted by atomic mass is 9.84. The standard InChI is InChI=1S/C18H16O8/c1-4-25-17(22)18-12(16(21)24-3)11(15(20)23-2)13(26-18)9-7-5-6-8-10(9)14(18)19/h5-8,13H,4H2,1-3H3/t13-,18-/m0/s1. The van der Waals surface area contributed by atoms with Crippen LogP contribution in [0.5, 0.6) is 0 Å². The number of rotatable bonds is 4. The molecule has 2 aliphatic rings. The Morgan fingerprint density at radius 1 is 1.12 bits per heavy atom. The Labute approximate surface area is 148 Å². The molecule has 1 aromatic carbocycles. The van der Waals surface area contributed by atoms with Crippen molar-refractivity contribution in [3.05, 3.63) is 46.5 Å². The number of hydrogen-bond donors (Lipinski definition) is 0. The highest BCUT2D eigenvalue weighted by molar-refractivity contribution is 6.27. The Morgan fingerprint density at radius 3 is 2.38 bits per heavy atom. The van der Waals surface area contributed by atoms with Crippen LogP contribution in [0.1, 0.15) is 28.9 Å². The summed E-state index contributed by atoms with van der Waals surface area (Å²) in [7, 11) is 2.19. The summed E-state index contributed by atoms with van der Waals surface area (Å²) in [6.07, 6.45) is -1.13. The van der Waals surface area contributed by atoms with Gasteiger partial charge in [0.05, 0.1) is 26.4 Å². The second-order valence-corrected chi connectivity index (χ2v) is 5.59. The largest absolute Gasteiger partial charge is 0.466 e. The lowest BCUT2D eigenvalue weighted by Gasteiger charge is -2.32. The maximum Gasteiger partial charge on any atom is 0.351 e. The van der Waals surface area contributed by atoms with Crippen molar-refractivity contribution in [2.75, 3.05) is 20.8 Å². The first-order valence-electron chi connectivity index (χ1n) is 7.84. The number of fused-ring (bicyclic) bond motifs is 4. The van der Waals surface area contributed by atoms with Gasteiger partial charge in [0, 0.05) is 5.56 Å². The van der Waals surface area contributed by atoms with E-state index in [1.807, 2.05) is 0 Å². The molecule has 0 aliphatic carbocycles. The van der Waals surface area contributed by atoms with Gasteiger partial charge in [-0.2, -0.15) is 0 Å². The van der Waals surface area contributed by atoms with E-state index in [4.69, 9.17) is 18.9 Å². The van der Waals surface area contributed by atoms with E-state index >= 15 is 0 Å². The van der Waals surface area contributed by atoms with Crippen LogP contribution in [0.25, 0.3) is 0 Å². The maximum atomic E-state index is 13.2. The summed E-state index contributed by atoms with van der Waals surface area (Å²) >= 11 is 0. The van der Waals surface area contributed by atoms with Gasteiger partial charge in [-0.25, -0.2) is 14.4 Å². The predicted octanol–water partition coefficient (Wildman–Crippen LogP) is 0.899. The van der Waals surface area contributed by atoms with Crippen molar-refractivity contribution in [1.29, 1.82) is 0 Å². The number of ether oxygens (including phenoxy) is 4. The zero-order valence-corrected chi connectivity index (χ0v) is 14.4. The number of carbonyl (C=O) groups excluding carboxylic acids is 4. The SMILES string of the molecule is CCOC(=O)[C@]12O[C@H](C(C(=O)OC)=C1C(=O)OC)c1ccccc1C2=O. The van der Waals surface area contributed by atoms with Crippen molar-refractivity contribution in [2.45, 2.75) is 18.6 Å². The monoisotopic (exact) mass is 360 g/mol. The van der Waals surface area contributed by atoms with E-state index in [9.17, 15) is 19.2 Å². The minimum atomic E-state index is -2.40. The third-order valence-corrected chi connectivity index (χ3v) is 4.34. The van der Waals surface area contributed by atoms with E-state index in [2.05, 4.69) is 0 Å². The lowest BCUT2D eigenvalue weighted by Crippen LogP contribution is -2.53. The highest BCUT2D eigenvalue weighted by atomic mass is 16.6. The van der Waals surface area contributed by atoms with Gasteiger partial charge >= 0.3 is 17.9 Å². The van der Waals surface area contributed by atoms with Crippen LogP contribution in [0.15, 0.2) is 35.4 Å². The van der Waals surface area contributed by atoms with E-state index in [0.29, 0.717) is 5.56 Å². The molecule has 8 heteroatoms. The van der Waals surface area contributed by atoms with Crippen molar-refractivity contribution < 1.29 is 38.1 Å². The van der Waals surface area contributed by atoms with Crippen molar-refractivity contribution in [3.8, 4) is 0 Å². The summed E-state index contributed by atoms with van der Waals surface area (Å²) in [4.78, 5) is 50.8. The molecular weight excluding hydrogens is 344 g/mol. The van der Waals surface area contributed by atoms with Crippen molar-refractivity contribution >= 4 is 23.7 Å². The molecule has 2 heterocycles. The third kappa shape index (κ3) is 2.19. The second-order valence-electron chi connectivity index (χ2n) is 5.59. The average molecular weight is 360 g/mol. The molecule has 0 saturated heterocycles. The predicted molar refractivity (Wildman–Crippen MR) is 85.0 cm³/mol. The van der Waals surface area contributed by atoms with Gasteiger partial charge in [-0.1, -0.05) is 24.3 Å². The minimum Gasteiger partial charge on any atom is -0.466 e. The highest BCUT2D eigenvalue weighted by Crippen LogP contribution is 2.52. The number of carbonyl (C=O) groups is 4. The van der Waals surface area contributed by atoms with Gasteiger partial charge in [0.25, 0.3) is 5.60 Å². The van der Waals surface area contributed by atoms with Gasteiger partial charge in [0.15, 0.2) is 0 Å². The van der Waals surface area contributed by atoms with Gasteiger partial charge in [0.1, 0.15) is 11.7 Å². The van der Waals surface area contributed by atoms with Crippen molar-refractivity contribution in [3.63, 3.8) is 0 Å². The maximum absolute atomic E-state index is 13.2. The normalized spacial score (nSPS) is 23.3. The fraction of sp³-hybridized carbons (Fsp3) is 0.333. The first kappa shape index (κ1) is 17.8. The first-order chi connectivity index (χ1) is 12.4. The molecule has 136 valence electrons. The molecule has 0 amide bonds. The molecular formula is C18H16O8. The summed E-state index contributed by atoms with van der Waals surface area (Å²) in [6.45, 7) is 1.50. The van der Waals surface area contributed by atoms with Gasteiger partial charge in [-0.15, -0.1) is 0 Å². The average Bonchev–Trinajstić information content (AvgIpc) is 2.99. The van der Waals surface area contributed by atoms with Crippen LogP contribution in [0.3, 0.4) is 0 Å². The highest BCUT2D eigenvalue weighted by Gasteiger charge is 2.66. The van der Waals surface area contributed by atoms with E-state index in [1.165, 1.54) is 6.07 Å².